The van der Waals surface area contributed by atoms with Gasteiger partial charge in [-0.25, -0.2) is 0 Å². The van der Waals surface area contributed by atoms with Gasteiger partial charge in [-0.15, -0.1) is 0 Å². The van der Waals surface area contributed by atoms with Crippen LogP contribution in [0.5, 0.6) is 0 Å². The highest BCUT2D eigenvalue weighted by Crippen LogP contribution is 2.60. The van der Waals surface area contributed by atoms with Crippen LogP contribution in [0.2, 0.25) is 0 Å². The molecule has 0 saturated carbocycles. The van der Waals surface area contributed by atoms with E-state index in [4.69, 9.17) is 9.05 Å². The first kappa shape index (κ1) is 15.2. The molecule has 0 aliphatic carbocycles. The van der Waals surface area contributed by atoms with Crippen molar-refractivity contribution in [2.24, 2.45) is 0 Å². The standard InChI is InChI=1S/C15H20NO3P/c1-4-18-20(17,19-5-2)12(3)14-10-13-8-6-7-9-15(13)16-11-14/h6-12H,4-5H2,1-3H3. The number of nitrogens with zero attached hydrogens (tertiary/aromatic N) is 1. The Morgan fingerprint density at radius 1 is 1.20 bits per heavy atom. The Hall–Kier alpha value is -1.22. The lowest BCUT2D eigenvalue weighted by Crippen LogP contribution is -2.04. The zero-order valence-corrected chi connectivity index (χ0v) is 13.0. The molecule has 5 heteroatoms. The molecule has 0 radical (unpaired) electrons. The maximum absolute atomic E-state index is 12.8. The van der Waals surface area contributed by atoms with Gasteiger partial charge in [0.25, 0.3) is 0 Å². The van der Waals surface area contributed by atoms with Crippen LogP contribution in [0, 0.1) is 0 Å². The summed E-state index contributed by atoms with van der Waals surface area (Å²) in [5.74, 6) is 0. The molecule has 1 unspecified atom stereocenters. The van der Waals surface area contributed by atoms with Crippen molar-refractivity contribution in [3.8, 4) is 0 Å². The van der Waals surface area contributed by atoms with E-state index in [1.165, 1.54) is 0 Å². The lowest BCUT2D eigenvalue weighted by Gasteiger charge is -2.23. The van der Waals surface area contributed by atoms with Crippen molar-refractivity contribution in [3.05, 3.63) is 42.1 Å². The van der Waals surface area contributed by atoms with Crippen LogP contribution in [0.25, 0.3) is 10.9 Å². The van der Waals surface area contributed by atoms with Crippen molar-refractivity contribution in [1.82, 2.24) is 4.98 Å². The van der Waals surface area contributed by atoms with Gasteiger partial charge < -0.3 is 9.05 Å². The number of aromatic nitrogens is 1. The van der Waals surface area contributed by atoms with Gasteiger partial charge in [0.1, 0.15) is 0 Å². The third-order valence-corrected chi connectivity index (χ3v) is 5.67. The Kier molecular flexibility index (Phi) is 4.92. The van der Waals surface area contributed by atoms with E-state index in [1.54, 1.807) is 6.20 Å². The van der Waals surface area contributed by atoms with Gasteiger partial charge in [0.2, 0.25) is 0 Å². The van der Waals surface area contributed by atoms with Crippen LogP contribution >= 0.6 is 7.60 Å². The molecule has 0 N–H and O–H groups in total. The number of hydrogen-bond donors (Lipinski definition) is 0. The first-order chi connectivity index (χ1) is 9.60. The first-order valence-corrected chi connectivity index (χ1v) is 8.45. The molecule has 108 valence electrons. The third-order valence-electron chi connectivity index (χ3n) is 3.19. The Morgan fingerprint density at radius 3 is 2.50 bits per heavy atom. The average Bonchev–Trinajstić information content (AvgIpc) is 2.46. The van der Waals surface area contributed by atoms with Crippen molar-refractivity contribution in [3.63, 3.8) is 0 Å². The molecule has 0 spiro atoms. The summed E-state index contributed by atoms with van der Waals surface area (Å²) in [5.41, 5.74) is 1.46. The minimum absolute atomic E-state index is 0.334. The Labute approximate surface area is 119 Å². The maximum atomic E-state index is 12.8. The lowest BCUT2D eigenvalue weighted by atomic mass is 10.1. The van der Waals surface area contributed by atoms with Crippen LogP contribution in [0.4, 0.5) is 0 Å². The smallest absolute Gasteiger partial charge is 0.308 e. The molecule has 2 rings (SSSR count). The fourth-order valence-corrected chi connectivity index (χ4v) is 3.87. The third kappa shape index (κ3) is 3.09. The van der Waals surface area contributed by atoms with E-state index in [0.29, 0.717) is 13.2 Å². The van der Waals surface area contributed by atoms with E-state index in [-0.39, 0.29) is 5.66 Å². The summed E-state index contributed by atoms with van der Waals surface area (Å²) in [4.78, 5) is 4.40. The molecular weight excluding hydrogens is 273 g/mol. The van der Waals surface area contributed by atoms with Crippen LogP contribution in [0.15, 0.2) is 36.5 Å². The van der Waals surface area contributed by atoms with Gasteiger partial charge in [-0.3, -0.25) is 9.55 Å². The molecule has 2 aromatic rings. The van der Waals surface area contributed by atoms with Crippen molar-refractivity contribution in [2.75, 3.05) is 13.2 Å². The molecule has 1 aromatic heterocycles. The van der Waals surface area contributed by atoms with Crippen molar-refractivity contribution < 1.29 is 13.6 Å². The van der Waals surface area contributed by atoms with Gasteiger partial charge in [-0.2, -0.15) is 0 Å². The minimum Gasteiger partial charge on any atom is -0.308 e. The second-order valence-corrected chi connectivity index (χ2v) is 6.88. The predicted octanol–water partition coefficient (Wildman–Crippen LogP) is 4.56. The van der Waals surface area contributed by atoms with Crippen LogP contribution in [-0.4, -0.2) is 18.2 Å². The number of benzene rings is 1. The molecule has 0 aliphatic heterocycles. The van der Waals surface area contributed by atoms with Crippen molar-refractivity contribution in [1.29, 1.82) is 0 Å². The normalized spacial score (nSPS) is 13.6. The monoisotopic (exact) mass is 293 g/mol. The summed E-state index contributed by atoms with van der Waals surface area (Å²) in [5, 5.41) is 1.02. The molecule has 0 amide bonds. The van der Waals surface area contributed by atoms with Crippen LogP contribution < -0.4 is 0 Å². The quantitative estimate of drug-likeness (QED) is 0.732. The highest BCUT2D eigenvalue weighted by molar-refractivity contribution is 7.54. The molecule has 0 aliphatic rings. The van der Waals surface area contributed by atoms with Gasteiger partial charge in [0.15, 0.2) is 0 Å². The van der Waals surface area contributed by atoms with E-state index < -0.39 is 7.60 Å². The predicted molar refractivity (Wildman–Crippen MR) is 81.0 cm³/mol. The maximum Gasteiger partial charge on any atom is 0.337 e. The number of hydrogen-bond acceptors (Lipinski definition) is 4. The van der Waals surface area contributed by atoms with E-state index in [2.05, 4.69) is 4.98 Å². The largest absolute Gasteiger partial charge is 0.337 e. The summed E-state index contributed by atoms with van der Waals surface area (Å²) in [6, 6.07) is 9.85. The van der Waals surface area contributed by atoms with Crippen LogP contribution in [0.3, 0.4) is 0 Å². The van der Waals surface area contributed by atoms with Crippen LogP contribution in [0.1, 0.15) is 32.0 Å². The van der Waals surface area contributed by atoms with Gasteiger partial charge in [-0.05, 0) is 38.5 Å². The van der Waals surface area contributed by atoms with E-state index in [1.807, 2.05) is 51.1 Å². The fraction of sp³-hybridized carbons (Fsp3) is 0.400. The minimum atomic E-state index is -3.15. The average molecular weight is 293 g/mol. The molecule has 20 heavy (non-hydrogen) atoms. The number of rotatable bonds is 6. The Balaban J connectivity index is 2.38. The van der Waals surface area contributed by atoms with E-state index in [9.17, 15) is 4.57 Å². The van der Waals surface area contributed by atoms with Gasteiger partial charge >= 0.3 is 7.60 Å². The zero-order chi connectivity index (χ0) is 14.6. The molecule has 0 saturated heterocycles. The fourth-order valence-electron chi connectivity index (χ4n) is 2.12. The highest BCUT2D eigenvalue weighted by Gasteiger charge is 2.33. The second-order valence-electron chi connectivity index (χ2n) is 4.51. The number of pyridine rings is 1. The highest BCUT2D eigenvalue weighted by atomic mass is 31.2. The lowest BCUT2D eigenvalue weighted by molar-refractivity contribution is 0.213. The van der Waals surface area contributed by atoms with Gasteiger partial charge in [0, 0.05) is 11.6 Å². The Bertz CT molecular complexity index is 619. The van der Waals surface area contributed by atoms with E-state index in [0.717, 1.165) is 16.5 Å². The summed E-state index contributed by atoms with van der Waals surface area (Å²) in [6.07, 6.45) is 1.75. The zero-order valence-electron chi connectivity index (χ0n) is 12.1. The molecule has 0 bridgehead atoms. The molecule has 1 aromatic carbocycles. The van der Waals surface area contributed by atoms with Gasteiger partial charge in [0.05, 0.1) is 24.4 Å². The summed E-state index contributed by atoms with van der Waals surface area (Å²) >= 11 is 0. The number of fused-ring (bicyclic) bond motifs is 1. The summed E-state index contributed by atoms with van der Waals surface area (Å²) in [7, 11) is -3.15. The topological polar surface area (TPSA) is 48.4 Å². The molecular formula is C15H20NO3P. The summed E-state index contributed by atoms with van der Waals surface area (Å²) < 4.78 is 23.6. The molecule has 1 heterocycles. The Morgan fingerprint density at radius 2 is 1.85 bits per heavy atom. The molecule has 0 fully saturated rings. The molecule has 4 nitrogen and oxygen atoms in total. The first-order valence-electron chi connectivity index (χ1n) is 6.84. The van der Waals surface area contributed by atoms with Crippen LogP contribution in [-0.2, 0) is 13.6 Å². The van der Waals surface area contributed by atoms with E-state index >= 15 is 0 Å². The SMILES string of the molecule is CCOP(=O)(OCC)C(C)c1cnc2ccccc2c1. The van der Waals surface area contributed by atoms with Crippen molar-refractivity contribution >= 4 is 18.5 Å². The number of para-hydroxylation sites is 1. The van der Waals surface area contributed by atoms with Gasteiger partial charge in [-0.1, -0.05) is 18.2 Å². The second kappa shape index (κ2) is 6.49. The van der Waals surface area contributed by atoms with Crippen molar-refractivity contribution in [2.45, 2.75) is 26.4 Å². The summed E-state index contributed by atoms with van der Waals surface area (Å²) in [6.45, 7) is 6.22. The molecule has 1 atom stereocenters.